The van der Waals surface area contributed by atoms with Gasteiger partial charge in [0.2, 0.25) is 0 Å². The summed E-state index contributed by atoms with van der Waals surface area (Å²) in [5.41, 5.74) is 6.78. The first kappa shape index (κ1) is 11.7. The molecule has 2 aromatic rings. The Morgan fingerprint density at radius 1 is 1.29 bits per heavy atom. The molecule has 0 aliphatic carbocycles. The van der Waals surface area contributed by atoms with Crippen molar-refractivity contribution in [3.8, 4) is 11.3 Å². The Balaban J connectivity index is 2.36. The molecule has 90 valence electrons. The van der Waals surface area contributed by atoms with Gasteiger partial charge in [-0.2, -0.15) is 0 Å². The number of halogens is 2. The molecule has 1 aromatic carbocycles. The quantitative estimate of drug-likeness (QED) is 0.862. The van der Waals surface area contributed by atoms with E-state index in [0.717, 1.165) is 12.5 Å². The van der Waals surface area contributed by atoms with E-state index < -0.39 is 11.6 Å². The van der Waals surface area contributed by atoms with Crippen LogP contribution in [0, 0.1) is 11.6 Å². The van der Waals surface area contributed by atoms with Crippen molar-refractivity contribution >= 4 is 0 Å². The highest BCUT2D eigenvalue weighted by molar-refractivity contribution is 5.58. The van der Waals surface area contributed by atoms with Crippen molar-refractivity contribution in [3.63, 3.8) is 0 Å². The minimum atomic E-state index is -0.615. The van der Waals surface area contributed by atoms with Crippen LogP contribution in [0.3, 0.4) is 0 Å². The van der Waals surface area contributed by atoms with Crippen LogP contribution >= 0.6 is 0 Å². The van der Waals surface area contributed by atoms with E-state index in [1.807, 2.05) is 6.92 Å². The Bertz CT molecular complexity index is 502. The molecular weight excluding hydrogens is 224 g/mol. The average Bonchev–Trinajstić information content (AvgIpc) is 2.76. The highest BCUT2D eigenvalue weighted by atomic mass is 19.1. The summed E-state index contributed by atoms with van der Waals surface area (Å²) in [6, 6.07) is 3.14. The number of hydrogen-bond acceptors (Lipinski definition) is 2. The van der Waals surface area contributed by atoms with Gasteiger partial charge in [0.1, 0.15) is 17.5 Å². The number of aromatic nitrogens is 2. The van der Waals surface area contributed by atoms with E-state index >= 15 is 0 Å². The highest BCUT2D eigenvalue weighted by Gasteiger charge is 2.10. The molecule has 0 aliphatic rings. The first-order chi connectivity index (χ1) is 8.10. The van der Waals surface area contributed by atoms with Crippen LogP contribution in [-0.2, 0) is 0 Å². The number of imidazole rings is 1. The predicted octanol–water partition coefficient (Wildman–Crippen LogP) is 2.76. The molecule has 0 aliphatic heterocycles. The second-order valence-electron chi connectivity index (χ2n) is 3.85. The Morgan fingerprint density at radius 2 is 1.94 bits per heavy atom. The van der Waals surface area contributed by atoms with Gasteiger partial charge < -0.3 is 10.7 Å². The third-order valence-corrected chi connectivity index (χ3v) is 2.56. The summed E-state index contributed by atoms with van der Waals surface area (Å²) in [7, 11) is 0. The van der Waals surface area contributed by atoms with Crippen molar-refractivity contribution in [1.82, 2.24) is 9.97 Å². The fourth-order valence-corrected chi connectivity index (χ4v) is 1.57. The second kappa shape index (κ2) is 4.63. The maximum absolute atomic E-state index is 13.0. The molecule has 5 heteroatoms. The molecular formula is C12H13F2N3. The molecule has 1 unspecified atom stereocenters. The molecule has 0 spiro atoms. The standard InChI is InChI=1S/C12H13F2N3/c1-2-10(15)12-16-6-11(17-12)7-3-8(13)5-9(14)4-7/h3-6,10H,2,15H2,1H3,(H,16,17). The largest absolute Gasteiger partial charge is 0.341 e. The van der Waals surface area contributed by atoms with Crippen molar-refractivity contribution in [1.29, 1.82) is 0 Å². The number of rotatable bonds is 3. The van der Waals surface area contributed by atoms with Crippen LogP contribution in [0.25, 0.3) is 11.3 Å². The van der Waals surface area contributed by atoms with Crippen LogP contribution in [0.2, 0.25) is 0 Å². The van der Waals surface area contributed by atoms with E-state index in [4.69, 9.17) is 5.73 Å². The van der Waals surface area contributed by atoms with Crippen molar-refractivity contribution in [2.75, 3.05) is 0 Å². The zero-order chi connectivity index (χ0) is 12.4. The third kappa shape index (κ3) is 2.50. The molecule has 0 amide bonds. The van der Waals surface area contributed by atoms with E-state index in [1.54, 1.807) is 0 Å². The fraction of sp³-hybridized carbons (Fsp3) is 0.250. The number of benzene rings is 1. The molecule has 0 saturated carbocycles. The third-order valence-electron chi connectivity index (χ3n) is 2.56. The van der Waals surface area contributed by atoms with Gasteiger partial charge in [0.25, 0.3) is 0 Å². The number of nitrogens with two attached hydrogens (primary N) is 1. The number of aromatic amines is 1. The lowest BCUT2D eigenvalue weighted by molar-refractivity contribution is 0.584. The molecule has 0 fully saturated rings. The maximum atomic E-state index is 13.0. The first-order valence-electron chi connectivity index (χ1n) is 5.37. The maximum Gasteiger partial charge on any atom is 0.126 e. The summed E-state index contributed by atoms with van der Waals surface area (Å²) in [5, 5.41) is 0. The highest BCUT2D eigenvalue weighted by Crippen LogP contribution is 2.21. The van der Waals surface area contributed by atoms with Crippen molar-refractivity contribution in [2.24, 2.45) is 5.73 Å². The monoisotopic (exact) mass is 237 g/mol. The molecule has 1 heterocycles. The van der Waals surface area contributed by atoms with Gasteiger partial charge in [0, 0.05) is 11.6 Å². The average molecular weight is 237 g/mol. The second-order valence-corrected chi connectivity index (χ2v) is 3.85. The van der Waals surface area contributed by atoms with E-state index in [0.29, 0.717) is 17.1 Å². The molecule has 3 nitrogen and oxygen atoms in total. The lowest BCUT2D eigenvalue weighted by Gasteiger charge is -2.03. The number of nitrogens with one attached hydrogen (secondary N) is 1. The molecule has 0 radical (unpaired) electrons. The van der Waals surface area contributed by atoms with Crippen LogP contribution in [-0.4, -0.2) is 9.97 Å². The SMILES string of the molecule is CCC(N)c1ncc(-c2cc(F)cc(F)c2)[nH]1. The van der Waals surface area contributed by atoms with Crippen LogP contribution in [0.4, 0.5) is 8.78 Å². The smallest absolute Gasteiger partial charge is 0.126 e. The normalized spacial score (nSPS) is 12.7. The molecule has 3 N–H and O–H groups in total. The summed E-state index contributed by atoms with van der Waals surface area (Å²) in [5.74, 6) is -0.612. The number of nitrogens with zero attached hydrogens (tertiary/aromatic N) is 1. The molecule has 2 rings (SSSR count). The zero-order valence-electron chi connectivity index (χ0n) is 9.37. The summed E-state index contributed by atoms with van der Waals surface area (Å²) >= 11 is 0. The van der Waals surface area contributed by atoms with E-state index in [2.05, 4.69) is 9.97 Å². The Labute approximate surface area is 97.7 Å². The summed E-state index contributed by atoms with van der Waals surface area (Å²) in [4.78, 5) is 7.06. The van der Waals surface area contributed by atoms with Crippen molar-refractivity contribution < 1.29 is 8.78 Å². The number of H-pyrrole nitrogens is 1. The van der Waals surface area contributed by atoms with Crippen molar-refractivity contribution in [2.45, 2.75) is 19.4 Å². The molecule has 0 bridgehead atoms. The van der Waals surface area contributed by atoms with Crippen molar-refractivity contribution in [3.05, 3.63) is 41.9 Å². The van der Waals surface area contributed by atoms with E-state index in [1.165, 1.54) is 18.3 Å². The Kier molecular flexibility index (Phi) is 3.19. The van der Waals surface area contributed by atoms with Crippen LogP contribution < -0.4 is 5.73 Å². The van der Waals surface area contributed by atoms with E-state index in [-0.39, 0.29) is 6.04 Å². The van der Waals surface area contributed by atoms with Gasteiger partial charge in [0.15, 0.2) is 0 Å². The van der Waals surface area contributed by atoms with Gasteiger partial charge in [0.05, 0.1) is 17.9 Å². The van der Waals surface area contributed by atoms with Gasteiger partial charge in [-0.15, -0.1) is 0 Å². The van der Waals surface area contributed by atoms with Gasteiger partial charge in [-0.25, -0.2) is 13.8 Å². The van der Waals surface area contributed by atoms with Crippen LogP contribution in [0.15, 0.2) is 24.4 Å². The van der Waals surface area contributed by atoms with Gasteiger partial charge >= 0.3 is 0 Å². The van der Waals surface area contributed by atoms with E-state index in [9.17, 15) is 8.78 Å². The Morgan fingerprint density at radius 3 is 2.53 bits per heavy atom. The minimum absolute atomic E-state index is 0.192. The van der Waals surface area contributed by atoms with Gasteiger partial charge in [-0.1, -0.05) is 6.92 Å². The fourth-order valence-electron chi connectivity index (χ4n) is 1.57. The summed E-state index contributed by atoms with van der Waals surface area (Å²) < 4.78 is 26.1. The summed E-state index contributed by atoms with van der Waals surface area (Å²) in [6.07, 6.45) is 2.27. The zero-order valence-corrected chi connectivity index (χ0v) is 9.37. The molecule has 1 atom stereocenters. The van der Waals surface area contributed by atoms with Gasteiger partial charge in [-0.05, 0) is 18.6 Å². The van der Waals surface area contributed by atoms with Gasteiger partial charge in [-0.3, -0.25) is 0 Å². The minimum Gasteiger partial charge on any atom is -0.341 e. The number of hydrogen-bond donors (Lipinski definition) is 2. The lowest BCUT2D eigenvalue weighted by atomic mass is 10.1. The topological polar surface area (TPSA) is 54.7 Å². The predicted molar refractivity (Wildman–Crippen MR) is 61.2 cm³/mol. The molecule has 0 saturated heterocycles. The summed E-state index contributed by atoms with van der Waals surface area (Å²) in [6.45, 7) is 1.94. The molecule has 1 aromatic heterocycles. The molecule has 17 heavy (non-hydrogen) atoms. The Hall–Kier alpha value is -1.75. The van der Waals surface area contributed by atoms with Crippen LogP contribution in [0.5, 0.6) is 0 Å². The van der Waals surface area contributed by atoms with Crippen LogP contribution in [0.1, 0.15) is 25.2 Å². The lowest BCUT2D eigenvalue weighted by Crippen LogP contribution is -2.10. The first-order valence-corrected chi connectivity index (χ1v) is 5.37.